The van der Waals surface area contributed by atoms with Crippen LogP contribution in [0.4, 0.5) is 0 Å². The van der Waals surface area contributed by atoms with Crippen LogP contribution in [0.5, 0.6) is 11.5 Å². The number of para-hydroxylation sites is 1. The number of hydrogen-bond donors (Lipinski definition) is 2. The first kappa shape index (κ1) is 23.4. The molecular weight excluding hydrogens is 442 g/mol. The lowest BCUT2D eigenvalue weighted by atomic mass is 10.2. The van der Waals surface area contributed by atoms with E-state index in [1.54, 1.807) is 61.0 Å². The van der Waals surface area contributed by atoms with Crippen LogP contribution in [0.2, 0.25) is 0 Å². The minimum absolute atomic E-state index is 0.245. The van der Waals surface area contributed by atoms with Crippen LogP contribution in [0, 0.1) is 0 Å². The molecule has 2 amide bonds. The molecule has 1 aromatic heterocycles. The van der Waals surface area contributed by atoms with Gasteiger partial charge in [0.1, 0.15) is 16.4 Å². The highest BCUT2D eigenvalue weighted by Crippen LogP contribution is 2.18. The first-order valence-corrected chi connectivity index (χ1v) is 10.7. The highest BCUT2D eigenvalue weighted by Gasteiger charge is 2.09. The molecule has 3 aromatic rings. The molecule has 2 N–H and O–H groups in total. The molecule has 0 aliphatic rings. The third-order valence-corrected chi connectivity index (χ3v) is 5.02. The Morgan fingerprint density at radius 2 is 1.91 bits per heavy atom. The first-order chi connectivity index (χ1) is 16.0. The largest absolute Gasteiger partial charge is 0.496 e. The summed E-state index contributed by atoms with van der Waals surface area (Å²) in [5.74, 6) is -0.370. The van der Waals surface area contributed by atoms with Gasteiger partial charge in [0.05, 0.1) is 19.9 Å². The van der Waals surface area contributed by atoms with E-state index >= 15 is 0 Å². The minimum Gasteiger partial charge on any atom is -0.496 e. The van der Waals surface area contributed by atoms with E-state index in [1.165, 1.54) is 23.6 Å². The molecule has 0 radical (unpaired) electrons. The molecule has 0 bridgehead atoms. The second-order valence-electron chi connectivity index (χ2n) is 6.53. The molecule has 8 nitrogen and oxygen atoms in total. The van der Waals surface area contributed by atoms with E-state index in [0.29, 0.717) is 21.9 Å². The number of rotatable bonds is 9. The molecule has 1 heterocycles. The van der Waals surface area contributed by atoms with Crippen LogP contribution in [0.3, 0.4) is 0 Å². The molecular formula is C24H21N3O5S. The normalized spacial score (nSPS) is 10.8. The number of nitrogens with one attached hydrogen (secondary N) is 2. The summed E-state index contributed by atoms with van der Waals surface area (Å²) in [4.78, 5) is 36.4. The summed E-state index contributed by atoms with van der Waals surface area (Å²) in [6, 6.07) is 17.4. The van der Waals surface area contributed by atoms with Gasteiger partial charge in [-0.1, -0.05) is 36.4 Å². The zero-order valence-electron chi connectivity index (χ0n) is 17.7. The van der Waals surface area contributed by atoms with Crippen molar-refractivity contribution < 1.29 is 23.9 Å². The van der Waals surface area contributed by atoms with Crippen molar-refractivity contribution in [3.05, 3.63) is 88.1 Å². The maximum Gasteiger partial charge on any atom is 0.353 e. The van der Waals surface area contributed by atoms with E-state index in [9.17, 15) is 14.4 Å². The first-order valence-electron chi connectivity index (χ1n) is 9.82. The number of hydrazone groups is 1. The third-order valence-electron chi connectivity index (χ3n) is 4.17. The molecule has 0 unspecified atom stereocenters. The van der Waals surface area contributed by atoms with Gasteiger partial charge in [0.25, 0.3) is 5.91 Å². The van der Waals surface area contributed by atoms with Crippen LogP contribution in [0.15, 0.2) is 77.2 Å². The number of carbonyl (C=O) groups is 3. The summed E-state index contributed by atoms with van der Waals surface area (Å²) in [7, 11) is 1.55. The number of nitrogens with zero attached hydrogens (tertiary/aromatic N) is 1. The molecule has 33 heavy (non-hydrogen) atoms. The summed E-state index contributed by atoms with van der Waals surface area (Å²) in [6.45, 7) is -0.245. The number of hydrogen-bond acceptors (Lipinski definition) is 7. The van der Waals surface area contributed by atoms with Crippen molar-refractivity contribution in [1.82, 2.24) is 10.7 Å². The van der Waals surface area contributed by atoms with Gasteiger partial charge in [-0.15, -0.1) is 11.3 Å². The number of amides is 2. The van der Waals surface area contributed by atoms with Crippen molar-refractivity contribution in [2.45, 2.75) is 0 Å². The Labute approximate surface area is 194 Å². The van der Waals surface area contributed by atoms with Crippen molar-refractivity contribution in [2.75, 3.05) is 13.7 Å². The van der Waals surface area contributed by atoms with Gasteiger partial charge in [-0.2, -0.15) is 5.10 Å². The Bertz CT molecular complexity index is 1170. The van der Waals surface area contributed by atoms with E-state index in [4.69, 9.17) is 9.47 Å². The molecule has 0 saturated carbocycles. The molecule has 0 atom stereocenters. The molecule has 0 fully saturated rings. The van der Waals surface area contributed by atoms with E-state index in [0.717, 1.165) is 5.56 Å². The molecule has 0 saturated heterocycles. The highest BCUT2D eigenvalue weighted by molar-refractivity contribution is 7.12. The maximum atomic E-state index is 12.0. The molecule has 0 aliphatic heterocycles. The second kappa shape index (κ2) is 12.0. The van der Waals surface area contributed by atoms with Gasteiger partial charge in [-0.05, 0) is 41.3 Å². The van der Waals surface area contributed by atoms with Gasteiger partial charge in [-0.25, -0.2) is 10.2 Å². The van der Waals surface area contributed by atoms with Crippen molar-refractivity contribution in [1.29, 1.82) is 0 Å². The molecule has 2 aromatic carbocycles. The fraction of sp³-hybridized carbons (Fsp3) is 0.0833. The number of methoxy groups -OCH3 is 1. The van der Waals surface area contributed by atoms with Crippen LogP contribution in [-0.2, 0) is 9.59 Å². The lowest BCUT2D eigenvalue weighted by Gasteiger charge is -2.04. The van der Waals surface area contributed by atoms with E-state index < -0.39 is 17.8 Å². The Hall–Kier alpha value is -4.24. The summed E-state index contributed by atoms with van der Waals surface area (Å²) < 4.78 is 10.5. The fourth-order valence-corrected chi connectivity index (χ4v) is 3.22. The Morgan fingerprint density at radius 3 is 2.70 bits per heavy atom. The van der Waals surface area contributed by atoms with Crippen LogP contribution in [0.1, 0.15) is 20.8 Å². The Kier molecular flexibility index (Phi) is 8.49. The molecule has 0 spiro atoms. The van der Waals surface area contributed by atoms with Crippen LogP contribution >= 0.6 is 11.3 Å². The standard InChI is InChI=1S/C24H21N3O5S/c1-31-20-9-3-2-7-18(20)11-12-22(28)25-16-23(29)27-26-15-17-6-4-8-19(14-17)32-24(30)21-10-5-13-33-21/h2-15H,16H2,1H3,(H,25,28)(H,27,29)/b12-11+,26-15+. The van der Waals surface area contributed by atoms with Gasteiger partial charge in [-0.3, -0.25) is 9.59 Å². The lowest BCUT2D eigenvalue weighted by Crippen LogP contribution is -2.34. The number of thiophene rings is 1. The van der Waals surface area contributed by atoms with Gasteiger partial charge in [0.2, 0.25) is 5.91 Å². The average Bonchev–Trinajstić information content (AvgIpc) is 3.37. The predicted molar refractivity (Wildman–Crippen MR) is 126 cm³/mol. The zero-order chi connectivity index (χ0) is 23.5. The smallest absolute Gasteiger partial charge is 0.353 e. The average molecular weight is 464 g/mol. The topological polar surface area (TPSA) is 106 Å². The van der Waals surface area contributed by atoms with E-state index in [-0.39, 0.29) is 6.54 Å². The zero-order valence-corrected chi connectivity index (χ0v) is 18.5. The van der Waals surface area contributed by atoms with Gasteiger partial charge in [0, 0.05) is 11.6 Å². The highest BCUT2D eigenvalue weighted by atomic mass is 32.1. The van der Waals surface area contributed by atoms with E-state index in [1.807, 2.05) is 18.2 Å². The summed E-state index contributed by atoms with van der Waals surface area (Å²) in [5, 5.41) is 8.12. The van der Waals surface area contributed by atoms with Crippen molar-refractivity contribution in [2.24, 2.45) is 5.10 Å². The number of carbonyl (C=O) groups excluding carboxylic acids is 3. The quantitative estimate of drug-likeness (QED) is 0.167. The van der Waals surface area contributed by atoms with Crippen LogP contribution in [0.25, 0.3) is 6.08 Å². The van der Waals surface area contributed by atoms with Gasteiger partial charge < -0.3 is 14.8 Å². The van der Waals surface area contributed by atoms with Crippen LogP contribution in [-0.4, -0.2) is 37.7 Å². The number of esters is 1. The van der Waals surface area contributed by atoms with Gasteiger partial charge in [0.15, 0.2) is 0 Å². The third kappa shape index (κ3) is 7.44. The maximum absolute atomic E-state index is 12.0. The van der Waals surface area contributed by atoms with Crippen molar-refractivity contribution in [3.63, 3.8) is 0 Å². The number of ether oxygens (including phenoxy) is 2. The Balaban J connectivity index is 1.45. The Morgan fingerprint density at radius 1 is 1.06 bits per heavy atom. The van der Waals surface area contributed by atoms with Crippen LogP contribution < -0.4 is 20.2 Å². The lowest BCUT2D eigenvalue weighted by molar-refractivity contribution is -0.123. The van der Waals surface area contributed by atoms with E-state index in [2.05, 4.69) is 15.8 Å². The summed E-state index contributed by atoms with van der Waals surface area (Å²) in [5.41, 5.74) is 3.69. The predicted octanol–water partition coefficient (Wildman–Crippen LogP) is 3.26. The summed E-state index contributed by atoms with van der Waals surface area (Å²) >= 11 is 1.29. The molecule has 3 rings (SSSR count). The van der Waals surface area contributed by atoms with Crippen molar-refractivity contribution >= 4 is 41.4 Å². The number of benzene rings is 2. The molecule has 168 valence electrons. The monoisotopic (exact) mass is 463 g/mol. The second-order valence-corrected chi connectivity index (χ2v) is 7.47. The molecule has 0 aliphatic carbocycles. The minimum atomic E-state index is -0.495. The molecule has 9 heteroatoms. The van der Waals surface area contributed by atoms with Gasteiger partial charge >= 0.3 is 5.97 Å². The fourth-order valence-electron chi connectivity index (χ4n) is 2.62. The summed E-state index contributed by atoms with van der Waals surface area (Å²) in [6.07, 6.45) is 4.32. The van der Waals surface area contributed by atoms with Crippen molar-refractivity contribution in [3.8, 4) is 11.5 Å². The SMILES string of the molecule is COc1ccccc1/C=C/C(=O)NCC(=O)N/N=C/c1cccc(OC(=O)c2cccs2)c1.